The van der Waals surface area contributed by atoms with E-state index in [1.807, 2.05) is 6.07 Å². The number of aromatic nitrogens is 1. The van der Waals surface area contributed by atoms with Gasteiger partial charge >= 0.3 is 0 Å². The number of amides is 1. The highest BCUT2D eigenvalue weighted by Gasteiger charge is 2.07. The molecule has 0 unspecified atom stereocenters. The molecule has 138 valence electrons. The number of pyridine rings is 1. The smallest absolute Gasteiger partial charge is 0.228 e. The molecule has 0 spiro atoms. The Kier molecular flexibility index (Phi) is 5.50. The first kappa shape index (κ1) is 18.6. The maximum Gasteiger partial charge on any atom is 0.228 e. The highest BCUT2D eigenvalue weighted by molar-refractivity contribution is 5.92. The first-order valence-corrected chi connectivity index (χ1v) is 8.76. The van der Waals surface area contributed by atoms with Crippen LogP contribution in [0.2, 0.25) is 0 Å². The molecule has 0 aliphatic heterocycles. The fourth-order valence-corrected chi connectivity index (χ4v) is 3.04. The Bertz CT molecular complexity index is 927. The third-order valence-corrected chi connectivity index (χ3v) is 4.26. The topological polar surface area (TPSA) is 54.0 Å². The van der Waals surface area contributed by atoms with Gasteiger partial charge in [0.2, 0.25) is 5.91 Å². The fourth-order valence-electron chi connectivity index (χ4n) is 3.04. The molecule has 3 rings (SSSR count). The van der Waals surface area contributed by atoms with Crippen LogP contribution in [0.5, 0.6) is 0 Å². The van der Waals surface area contributed by atoms with Gasteiger partial charge in [-0.3, -0.25) is 4.79 Å². The van der Waals surface area contributed by atoms with E-state index in [1.165, 1.54) is 17.7 Å². The van der Waals surface area contributed by atoms with Crippen molar-refractivity contribution in [2.45, 2.75) is 27.2 Å². The van der Waals surface area contributed by atoms with Crippen LogP contribution in [0.4, 0.5) is 21.6 Å². The third-order valence-electron chi connectivity index (χ3n) is 4.26. The summed E-state index contributed by atoms with van der Waals surface area (Å²) in [6, 6.07) is 13.8. The lowest BCUT2D eigenvalue weighted by Gasteiger charge is -2.13. The van der Waals surface area contributed by atoms with Gasteiger partial charge in [-0.15, -0.1) is 0 Å². The Hall–Kier alpha value is -3.21. The number of carbonyl (C=O) groups is 1. The second kappa shape index (κ2) is 7.99. The van der Waals surface area contributed by atoms with Crippen molar-refractivity contribution < 1.29 is 9.18 Å². The van der Waals surface area contributed by atoms with Gasteiger partial charge in [-0.25, -0.2) is 9.37 Å². The van der Waals surface area contributed by atoms with Crippen LogP contribution in [0.3, 0.4) is 0 Å². The van der Waals surface area contributed by atoms with Crippen molar-refractivity contribution in [1.29, 1.82) is 0 Å². The van der Waals surface area contributed by atoms with Gasteiger partial charge in [0.15, 0.2) is 0 Å². The molecule has 0 bridgehead atoms. The van der Waals surface area contributed by atoms with Crippen molar-refractivity contribution in [3.8, 4) is 0 Å². The summed E-state index contributed by atoms with van der Waals surface area (Å²) in [6.45, 7) is 6.20. The molecule has 0 radical (unpaired) electrons. The average molecular weight is 363 g/mol. The van der Waals surface area contributed by atoms with Crippen LogP contribution in [0.1, 0.15) is 22.3 Å². The molecular weight excluding hydrogens is 341 g/mol. The van der Waals surface area contributed by atoms with Gasteiger partial charge in [0.05, 0.1) is 18.3 Å². The molecule has 2 N–H and O–H groups in total. The van der Waals surface area contributed by atoms with E-state index in [2.05, 4.69) is 48.5 Å². The first-order valence-electron chi connectivity index (χ1n) is 8.76. The maximum absolute atomic E-state index is 12.9. The number of hydrogen-bond acceptors (Lipinski definition) is 3. The van der Waals surface area contributed by atoms with Crippen molar-refractivity contribution in [2.24, 2.45) is 0 Å². The Morgan fingerprint density at radius 1 is 1.00 bits per heavy atom. The van der Waals surface area contributed by atoms with Crippen LogP contribution in [0.25, 0.3) is 0 Å². The summed E-state index contributed by atoms with van der Waals surface area (Å²) in [6.07, 6.45) is 1.80. The fraction of sp³-hybridized carbons (Fsp3) is 0.182. The molecule has 5 heteroatoms. The Morgan fingerprint density at radius 2 is 1.67 bits per heavy atom. The molecule has 3 aromatic rings. The number of hydrogen-bond donors (Lipinski definition) is 2. The summed E-state index contributed by atoms with van der Waals surface area (Å²) >= 11 is 0. The average Bonchev–Trinajstić information content (AvgIpc) is 2.61. The van der Waals surface area contributed by atoms with Gasteiger partial charge in [0.25, 0.3) is 0 Å². The van der Waals surface area contributed by atoms with Crippen molar-refractivity contribution in [3.05, 3.63) is 82.8 Å². The minimum atomic E-state index is -0.314. The van der Waals surface area contributed by atoms with Gasteiger partial charge in [0, 0.05) is 5.69 Å². The zero-order valence-electron chi connectivity index (χ0n) is 15.6. The summed E-state index contributed by atoms with van der Waals surface area (Å²) in [5.41, 5.74) is 5.95. The summed E-state index contributed by atoms with van der Waals surface area (Å²) in [5.74, 6) is 0.224. The molecule has 0 aliphatic rings. The molecule has 0 atom stereocenters. The molecular formula is C22H22FN3O. The minimum Gasteiger partial charge on any atom is -0.340 e. The minimum absolute atomic E-state index is 0.172. The van der Waals surface area contributed by atoms with Crippen LogP contribution in [-0.4, -0.2) is 10.9 Å². The zero-order chi connectivity index (χ0) is 19.4. The quantitative estimate of drug-likeness (QED) is 0.665. The molecule has 1 aromatic heterocycles. The predicted octanol–water partition coefficient (Wildman–Crippen LogP) is 5.07. The third kappa shape index (κ3) is 4.91. The molecule has 0 saturated carbocycles. The SMILES string of the molecule is Cc1cc(C)c(Nc2ccc(NC(=O)Cc3ccc(F)cc3)cn2)c(C)c1. The molecule has 0 aliphatic carbocycles. The number of benzene rings is 2. The van der Waals surface area contributed by atoms with Crippen molar-refractivity contribution in [2.75, 3.05) is 10.6 Å². The second-order valence-corrected chi connectivity index (χ2v) is 6.68. The number of aryl methyl sites for hydroxylation is 3. The van der Waals surface area contributed by atoms with Crippen molar-refractivity contribution in [1.82, 2.24) is 4.98 Å². The molecule has 1 amide bonds. The van der Waals surface area contributed by atoms with E-state index in [4.69, 9.17) is 0 Å². The maximum atomic E-state index is 12.9. The lowest BCUT2D eigenvalue weighted by atomic mass is 10.1. The van der Waals surface area contributed by atoms with Crippen LogP contribution >= 0.6 is 0 Å². The summed E-state index contributed by atoms with van der Waals surface area (Å²) < 4.78 is 12.9. The number of nitrogens with zero attached hydrogens (tertiary/aromatic N) is 1. The Labute approximate surface area is 158 Å². The van der Waals surface area contributed by atoms with E-state index < -0.39 is 0 Å². The number of carbonyl (C=O) groups excluding carboxylic acids is 1. The first-order chi connectivity index (χ1) is 12.9. The van der Waals surface area contributed by atoms with Gasteiger partial charge in [0.1, 0.15) is 11.6 Å². The standard InChI is InChI=1S/C22H22FN3O/c1-14-10-15(2)22(16(3)11-14)26-20-9-8-19(13-24-20)25-21(27)12-17-4-6-18(23)7-5-17/h4-11,13H,12H2,1-3H3,(H,24,26)(H,25,27). The van der Waals surface area contributed by atoms with Gasteiger partial charge in [-0.1, -0.05) is 29.8 Å². The van der Waals surface area contributed by atoms with Crippen LogP contribution in [-0.2, 0) is 11.2 Å². The number of halogens is 1. The van der Waals surface area contributed by atoms with Gasteiger partial charge < -0.3 is 10.6 Å². The van der Waals surface area contributed by atoms with E-state index >= 15 is 0 Å². The molecule has 1 heterocycles. The molecule has 0 fully saturated rings. The van der Waals surface area contributed by atoms with E-state index in [0.717, 1.165) is 22.4 Å². The Balaban J connectivity index is 1.63. The van der Waals surface area contributed by atoms with E-state index in [-0.39, 0.29) is 18.1 Å². The lowest BCUT2D eigenvalue weighted by molar-refractivity contribution is -0.115. The zero-order valence-corrected chi connectivity index (χ0v) is 15.6. The van der Waals surface area contributed by atoms with Crippen molar-refractivity contribution >= 4 is 23.1 Å². The number of nitrogens with one attached hydrogen (secondary N) is 2. The summed E-state index contributed by atoms with van der Waals surface area (Å²) in [5, 5.41) is 6.14. The number of rotatable bonds is 5. The highest BCUT2D eigenvalue weighted by atomic mass is 19.1. The van der Waals surface area contributed by atoms with E-state index in [9.17, 15) is 9.18 Å². The largest absolute Gasteiger partial charge is 0.340 e. The Morgan fingerprint density at radius 3 is 2.26 bits per heavy atom. The lowest BCUT2D eigenvalue weighted by Crippen LogP contribution is -2.14. The van der Waals surface area contributed by atoms with Crippen LogP contribution in [0, 0.1) is 26.6 Å². The predicted molar refractivity (Wildman–Crippen MR) is 107 cm³/mol. The summed E-state index contributed by atoms with van der Waals surface area (Å²) in [4.78, 5) is 16.5. The second-order valence-electron chi connectivity index (χ2n) is 6.68. The van der Waals surface area contributed by atoms with Gasteiger partial charge in [-0.05, 0) is 61.7 Å². The van der Waals surface area contributed by atoms with E-state index in [0.29, 0.717) is 11.5 Å². The van der Waals surface area contributed by atoms with Gasteiger partial charge in [-0.2, -0.15) is 0 Å². The van der Waals surface area contributed by atoms with Crippen molar-refractivity contribution in [3.63, 3.8) is 0 Å². The summed E-state index contributed by atoms with van der Waals surface area (Å²) in [7, 11) is 0. The highest BCUT2D eigenvalue weighted by Crippen LogP contribution is 2.25. The molecule has 4 nitrogen and oxygen atoms in total. The molecule has 0 saturated heterocycles. The normalized spacial score (nSPS) is 10.5. The van der Waals surface area contributed by atoms with E-state index in [1.54, 1.807) is 24.4 Å². The monoisotopic (exact) mass is 363 g/mol. The molecule has 2 aromatic carbocycles. The number of anilines is 3. The van der Waals surface area contributed by atoms with Crippen LogP contribution < -0.4 is 10.6 Å². The molecule has 27 heavy (non-hydrogen) atoms. The van der Waals surface area contributed by atoms with Crippen LogP contribution in [0.15, 0.2) is 54.7 Å².